The summed E-state index contributed by atoms with van der Waals surface area (Å²) in [5, 5.41) is 0. The maximum absolute atomic E-state index is 13.9. The summed E-state index contributed by atoms with van der Waals surface area (Å²) in [5.41, 5.74) is -0.0268. The first-order chi connectivity index (χ1) is 11.2. The number of methoxy groups -OCH3 is 1. The van der Waals surface area contributed by atoms with Crippen molar-refractivity contribution in [2.45, 2.75) is 19.0 Å². The predicted molar refractivity (Wildman–Crippen MR) is 76.5 cm³/mol. The summed E-state index contributed by atoms with van der Waals surface area (Å²) >= 11 is 0. The van der Waals surface area contributed by atoms with E-state index in [1.807, 2.05) is 0 Å². The molecule has 0 spiro atoms. The van der Waals surface area contributed by atoms with E-state index in [0.717, 1.165) is 26.3 Å². The second-order valence-electron chi connectivity index (χ2n) is 4.94. The fourth-order valence-electron chi connectivity index (χ4n) is 1.86. The van der Waals surface area contributed by atoms with Crippen LogP contribution in [0.5, 0.6) is 11.6 Å². The molecule has 0 aliphatic heterocycles. The quantitative estimate of drug-likeness (QED) is 0.607. The standard InChI is InChI=1S/C16H13F4NO3/c1-9(16(18,19)20)10-3-5-12(6-4-10)24-14-13(17)7-11(8-21-14)15(22)23-2/h3-9H,1-2H3. The monoisotopic (exact) mass is 343 g/mol. The molecule has 2 aromatic rings. The third-order valence-corrected chi connectivity index (χ3v) is 3.31. The average Bonchev–Trinajstić information content (AvgIpc) is 2.55. The fourth-order valence-corrected chi connectivity index (χ4v) is 1.86. The summed E-state index contributed by atoms with van der Waals surface area (Å²) in [4.78, 5) is 14.9. The van der Waals surface area contributed by atoms with Crippen LogP contribution in [-0.4, -0.2) is 24.2 Å². The number of ether oxygens (including phenoxy) is 2. The molecule has 1 aromatic carbocycles. The number of carbonyl (C=O) groups excluding carboxylic acids is 1. The predicted octanol–water partition coefficient (Wildman–Crippen LogP) is 4.47. The Morgan fingerprint density at radius 2 is 1.83 bits per heavy atom. The maximum atomic E-state index is 13.9. The van der Waals surface area contributed by atoms with Gasteiger partial charge in [-0.05, 0) is 30.7 Å². The normalized spacial score (nSPS) is 12.6. The average molecular weight is 343 g/mol. The number of aromatic nitrogens is 1. The Kier molecular flexibility index (Phi) is 5.06. The van der Waals surface area contributed by atoms with Gasteiger partial charge in [0, 0.05) is 6.20 Å². The van der Waals surface area contributed by atoms with E-state index in [-0.39, 0.29) is 16.9 Å². The summed E-state index contributed by atoms with van der Waals surface area (Å²) in [6, 6.07) is 5.95. The van der Waals surface area contributed by atoms with Gasteiger partial charge in [0.2, 0.25) is 0 Å². The number of esters is 1. The zero-order chi connectivity index (χ0) is 17.9. The highest BCUT2D eigenvalue weighted by atomic mass is 19.4. The van der Waals surface area contributed by atoms with E-state index in [0.29, 0.717) is 0 Å². The first kappa shape index (κ1) is 17.7. The van der Waals surface area contributed by atoms with Crippen LogP contribution in [0.4, 0.5) is 17.6 Å². The number of alkyl halides is 3. The third kappa shape index (κ3) is 4.01. The number of hydrogen-bond acceptors (Lipinski definition) is 4. The minimum Gasteiger partial charge on any atom is -0.465 e. The molecule has 0 fully saturated rings. The molecule has 1 heterocycles. The minimum absolute atomic E-state index is 0.0596. The van der Waals surface area contributed by atoms with Gasteiger partial charge in [-0.3, -0.25) is 0 Å². The highest BCUT2D eigenvalue weighted by Crippen LogP contribution is 2.35. The maximum Gasteiger partial charge on any atom is 0.395 e. The van der Waals surface area contributed by atoms with E-state index in [1.54, 1.807) is 0 Å². The Balaban J connectivity index is 2.16. The lowest BCUT2D eigenvalue weighted by Crippen LogP contribution is -2.17. The van der Waals surface area contributed by atoms with Gasteiger partial charge in [-0.25, -0.2) is 14.2 Å². The second kappa shape index (κ2) is 6.86. The van der Waals surface area contributed by atoms with Crippen molar-refractivity contribution in [1.29, 1.82) is 0 Å². The van der Waals surface area contributed by atoms with Crippen molar-refractivity contribution in [1.82, 2.24) is 4.98 Å². The lowest BCUT2D eigenvalue weighted by Gasteiger charge is -2.16. The van der Waals surface area contributed by atoms with Crippen LogP contribution in [0.15, 0.2) is 36.5 Å². The summed E-state index contributed by atoms with van der Waals surface area (Å²) in [6.45, 7) is 1.04. The van der Waals surface area contributed by atoms with Gasteiger partial charge in [-0.1, -0.05) is 12.1 Å². The minimum atomic E-state index is -4.35. The number of benzene rings is 1. The lowest BCUT2D eigenvalue weighted by atomic mass is 10.0. The lowest BCUT2D eigenvalue weighted by molar-refractivity contribution is -0.146. The molecule has 4 nitrogen and oxygen atoms in total. The van der Waals surface area contributed by atoms with E-state index in [1.165, 1.54) is 24.3 Å². The van der Waals surface area contributed by atoms with E-state index in [4.69, 9.17) is 4.74 Å². The zero-order valence-electron chi connectivity index (χ0n) is 12.7. The molecular weight excluding hydrogens is 330 g/mol. The van der Waals surface area contributed by atoms with Crippen molar-refractivity contribution in [2.24, 2.45) is 0 Å². The molecular formula is C16H13F4NO3. The molecule has 2 rings (SSSR count). The van der Waals surface area contributed by atoms with Gasteiger partial charge in [0.1, 0.15) is 5.75 Å². The van der Waals surface area contributed by atoms with Crippen LogP contribution >= 0.6 is 0 Å². The van der Waals surface area contributed by atoms with Crippen LogP contribution in [0.1, 0.15) is 28.8 Å². The van der Waals surface area contributed by atoms with Crippen LogP contribution in [0.3, 0.4) is 0 Å². The Hall–Kier alpha value is -2.64. The first-order valence-electron chi connectivity index (χ1n) is 6.80. The van der Waals surface area contributed by atoms with Crippen LogP contribution < -0.4 is 4.74 Å². The Morgan fingerprint density at radius 1 is 1.21 bits per heavy atom. The zero-order valence-corrected chi connectivity index (χ0v) is 12.7. The molecule has 8 heteroatoms. The first-order valence-corrected chi connectivity index (χ1v) is 6.80. The van der Waals surface area contributed by atoms with Gasteiger partial charge in [0.25, 0.3) is 5.88 Å². The molecule has 1 atom stereocenters. The topological polar surface area (TPSA) is 48.4 Å². The van der Waals surface area contributed by atoms with Gasteiger partial charge < -0.3 is 9.47 Å². The molecule has 0 amide bonds. The van der Waals surface area contributed by atoms with Crippen LogP contribution in [0.25, 0.3) is 0 Å². The molecule has 24 heavy (non-hydrogen) atoms. The largest absolute Gasteiger partial charge is 0.465 e. The van der Waals surface area contributed by atoms with Gasteiger partial charge >= 0.3 is 12.1 Å². The number of rotatable bonds is 4. The third-order valence-electron chi connectivity index (χ3n) is 3.31. The molecule has 0 aliphatic rings. The number of nitrogens with zero attached hydrogens (tertiary/aromatic N) is 1. The van der Waals surface area contributed by atoms with Crippen molar-refractivity contribution in [3.05, 3.63) is 53.5 Å². The van der Waals surface area contributed by atoms with Crippen molar-refractivity contribution < 1.29 is 31.8 Å². The molecule has 0 N–H and O–H groups in total. The SMILES string of the molecule is COC(=O)c1cnc(Oc2ccc(C(C)C(F)(F)F)cc2)c(F)c1. The van der Waals surface area contributed by atoms with Gasteiger partial charge in [0.05, 0.1) is 18.6 Å². The number of halogens is 4. The molecule has 0 saturated carbocycles. The van der Waals surface area contributed by atoms with Gasteiger partial charge in [0.15, 0.2) is 5.82 Å². The molecule has 0 saturated heterocycles. The highest BCUT2D eigenvalue weighted by molar-refractivity contribution is 5.88. The van der Waals surface area contributed by atoms with E-state index >= 15 is 0 Å². The highest BCUT2D eigenvalue weighted by Gasteiger charge is 2.36. The fraction of sp³-hybridized carbons (Fsp3) is 0.250. The van der Waals surface area contributed by atoms with Crippen molar-refractivity contribution in [3.8, 4) is 11.6 Å². The number of hydrogen-bond donors (Lipinski definition) is 0. The summed E-state index contributed by atoms with van der Waals surface area (Å²) in [5.74, 6) is -3.56. The molecule has 1 aromatic heterocycles. The Labute approximate surface area is 135 Å². The van der Waals surface area contributed by atoms with Crippen LogP contribution in [0.2, 0.25) is 0 Å². The molecule has 0 bridgehead atoms. The van der Waals surface area contributed by atoms with Gasteiger partial charge in [-0.15, -0.1) is 0 Å². The summed E-state index contributed by atoms with van der Waals surface area (Å²) < 4.78 is 61.4. The number of pyridine rings is 1. The second-order valence-corrected chi connectivity index (χ2v) is 4.94. The van der Waals surface area contributed by atoms with Crippen molar-refractivity contribution >= 4 is 5.97 Å². The molecule has 128 valence electrons. The summed E-state index contributed by atoms with van der Waals surface area (Å²) in [6.07, 6.45) is -3.27. The Bertz CT molecular complexity index is 729. The number of carbonyl (C=O) groups is 1. The Morgan fingerprint density at radius 3 is 2.33 bits per heavy atom. The van der Waals surface area contributed by atoms with E-state index < -0.39 is 29.8 Å². The van der Waals surface area contributed by atoms with Gasteiger partial charge in [-0.2, -0.15) is 13.2 Å². The smallest absolute Gasteiger partial charge is 0.395 e. The van der Waals surface area contributed by atoms with Crippen molar-refractivity contribution in [3.63, 3.8) is 0 Å². The molecule has 0 aliphatic carbocycles. The van der Waals surface area contributed by atoms with Crippen LogP contribution in [0, 0.1) is 5.82 Å². The van der Waals surface area contributed by atoms with E-state index in [9.17, 15) is 22.4 Å². The summed E-state index contributed by atoms with van der Waals surface area (Å²) in [7, 11) is 1.15. The van der Waals surface area contributed by atoms with Crippen LogP contribution in [-0.2, 0) is 4.74 Å². The molecule has 1 unspecified atom stereocenters. The van der Waals surface area contributed by atoms with Crippen molar-refractivity contribution in [2.75, 3.05) is 7.11 Å². The molecule has 0 radical (unpaired) electrons. The van der Waals surface area contributed by atoms with E-state index in [2.05, 4.69) is 9.72 Å².